The third kappa shape index (κ3) is 6.25. The molecular weight excluding hydrogens is 544 g/mol. The minimum Gasteiger partial charge on any atom is -0.481 e. The van der Waals surface area contributed by atoms with E-state index in [9.17, 15) is 24.6 Å². The monoisotopic (exact) mass is 582 g/mol. The summed E-state index contributed by atoms with van der Waals surface area (Å²) in [6, 6.07) is 0. The van der Waals surface area contributed by atoms with Crippen molar-refractivity contribution in [1.29, 1.82) is 0 Å². The van der Waals surface area contributed by atoms with Crippen molar-refractivity contribution in [3.63, 3.8) is 0 Å². The number of rotatable bonds is 12. The number of allylic oxidation sites excluding steroid dienone is 1. The second-order valence-corrected chi connectivity index (χ2v) is 10.9. The Morgan fingerprint density at radius 3 is 1.79 bits per heavy atom. The molecule has 6 N–H and O–H groups in total. The van der Waals surface area contributed by atoms with E-state index in [0.717, 1.165) is 66.9 Å². The van der Waals surface area contributed by atoms with Crippen LogP contribution in [-0.4, -0.2) is 43.0 Å². The molecule has 4 rings (SSSR count). The van der Waals surface area contributed by atoms with E-state index in [0.29, 0.717) is 36.1 Å². The maximum Gasteiger partial charge on any atom is 0.303 e. The molecular formula is C34H38N4O5. The maximum atomic E-state index is 12.3. The van der Waals surface area contributed by atoms with Crippen LogP contribution in [0, 0.1) is 20.8 Å². The largest absolute Gasteiger partial charge is 0.481 e. The molecule has 43 heavy (non-hydrogen) atoms. The van der Waals surface area contributed by atoms with Crippen molar-refractivity contribution in [2.75, 3.05) is 0 Å². The van der Waals surface area contributed by atoms with Crippen LogP contribution in [0.4, 0.5) is 0 Å². The van der Waals surface area contributed by atoms with Crippen LogP contribution >= 0.6 is 0 Å². The van der Waals surface area contributed by atoms with Crippen LogP contribution in [0.2, 0.25) is 0 Å². The third-order valence-electron chi connectivity index (χ3n) is 8.23. The van der Waals surface area contributed by atoms with Crippen molar-refractivity contribution in [2.24, 2.45) is 0 Å². The number of carbonyl (C=O) groups is 3. The lowest BCUT2D eigenvalue weighted by Gasteiger charge is -2.07. The number of aliphatic carboxylic acids is 2. The van der Waals surface area contributed by atoms with E-state index >= 15 is 0 Å². The quantitative estimate of drug-likeness (QED) is 0.190. The van der Waals surface area contributed by atoms with Gasteiger partial charge in [0.2, 0.25) is 0 Å². The number of hydrogen-bond acceptors (Lipinski definition) is 3. The van der Waals surface area contributed by atoms with Gasteiger partial charge in [0.05, 0.1) is 5.70 Å². The van der Waals surface area contributed by atoms with Crippen molar-refractivity contribution < 1.29 is 24.6 Å². The molecule has 0 aliphatic carbocycles. The summed E-state index contributed by atoms with van der Waals surface area (Å²) in [5.41, 5.74) is 10.8. The normalized spacial score (nSPS) is 14.6. The van der Waals surface area contributed by atoms with E-state index in [1.54, 1.807) is 19.1 Å². The SMILES string of the molecule is C=CC1=C(C)C(=O)N/C1=C/c1[nH]c(Cc2[nH]c(/C=c3/[nH]c(=C)c(C=C)c3C)c(C)c2CCC(=O)O)c(CCC(=O)O)c1C. The summed E-state index contributed by atoms with van der Waals surface area (Å²) in [4.78, 5) is 45.7. The van der Waals surface area contributed by atoms with Gasteiger partial charge in [-0.1, -0.05) is 31.9 Å². The van der Waals surface area contributed by atoms with Gasteiger partial charge in [-0.2, -0.15) is 0 Å². The van der Waals surface area contributed by atoms with Gasteiger partial charge in [0, 0.05) is 69.4 Å². The standard InChI is InChI=1S/C34H38N4O5/c1-8-22-17(3)26(35-21(22)7)14-27-18(4)24(10-12-32(39)40)30(36-27)16-31-25(11-13-33(41)42)19(5)28(37-31)15-29-23(9-2)20(6)34(43)38-29/h8-9,14-15,35-37H,1-2,7,10-13,16H2,3-6H3,(H,38,43)(H,39,40)(H,41,42)/b26-14+,29-15+. The lowest BCUT2D eigenvalue weighted by molar-refractivity contribution is -0.138. The van der Waals surface area contributed by atoms with Gasteiger partial charge < -0.3 is 30.5 Å². The van der Waals surface area contributed by atoms with E-state index < -0.39 is 11.9 Å². The Hall–Kier alpha value is -5.05. The number of amides is 1. The molecule has 224 valence electrons. The highest BCUT2D eigenvalue weighted by atomic mass is 16.4. The van der Waals surface area contributed by atoms with Gasteiger partial charge in [0.15, 0.2) is 0 Å². The molecule has 3 aromatic rings. The van der Waals surface area contributed by atoms with Crippen LogP contribution < -0.4 is 16.0 Å². The summed E-state index contributed by atoms with van der Waals surface area (Å²) in [6.45, 7) is 19.4. The van der Waals surface area contributed by atoms with Crippen molar-refractivity contribution >= 4 is 42.7 Å². The number of aromatic nitrogens is 3. The average molecular weight is 583 g/mol. The highest BCUT2D eigenvalue weighted by Crippen LogP contribution is 2.30. The first-order valence-corrected chi connectivity index (χ1v) is 14.1. The van der Waals surface area contributed by atoms with Crippen molar-refractivity contribution in [1.82, 2.24) is 20.3 Å². The first kappa shape index (κ1) is 30.9. The zero-order valence-electron chi connectivity index (χ0n) is 25.1. The van der Waals surface area contributed by atoms with Crippen LogP contribution in [0.1, 0.15) is 75.9 Å². The molecule has 1 aliphatic heterocycles. The molecule has 9 nitrogen and oxygen atoms in total. The number of nitrogens with one attached hydrogen (secondary N) is 4. The molecule has 0 bridgehead atoms. The highest BCUT2D eigenvalue weighted by molar-refractivity contribution is 6.01. The molecule has 0 atom stereocenters. The van der Waals surface area contributed by atoms with Crippen LogP contribution in [0.15, 0.2) is 36.1 Å². The number of carbonyl (C=O) groups excluding carboxylic acids is 1. The Morgan fingerprint density at radius 1 is 0.791 bits per heavy atom. The van der Waals surface area contributed by atoms with Gasteiger partial charge in [0.1, 0.15) is 0 Å². The highest BCUT2D eigenvalue weighted by Gasteiger charge is 2.24. The molecule has 0 radical (unpaired) electrons. The molecule has 0 saturated heterocycles. The Balaban J connectivity index is 1.84. The molecule has 0 spiro atoms. The predicted octanol–water partition coefficient (Wildman–Crippen LogP) is 4.08. The van der Waals surface area contributed by atoms with Crippen LogP contribution in [0.25, 0.3) is 24.8 Å². The second kappa shape index (κ2) is 12.4. The number of aromatic amines is 3. The zero-order chi connectivity index (χ0) is 31.6. The fourth-order valence-corrected chi connectivity index (χ4v) is 5.74. The molecule has 4 heterocycles. The summed E-state index contributed by atoms with van der Waals surface area (Å²) in [5, 5.41) is 23.4. The van der Waals surface area contributed by atoms with Gasteiger partial charge in [-0.15, -0.1) is 0 Å². The molecule has 0 unspecified atom stereocenters. The molecule has 0 aromatic carbocycles. The van der Waals surface area contributed by atoms with E-state index in [-0.39, 0.29) is 18.7 Å². The number of H-pyrrole nitrogens is 3. The number of carboxylic acids is 2. The molecule has 1 aliphatic rings. The average Bonchev–Trinajstić information content (AvgIpc) is 3.59. The fraction of sp³-hybridized carbons (Fsp3) is 0.265. The predicted molar refractivity (Wildman–Crippen MR) is 169 cm³/mol. The van der Waals surface area contributed by atoms with Crippen LogP contribution in [0.5, 0.6) is 0 Å². The summed E-state index contributed by atoms with van der Waals surface area (Å²) < 4.78 is 0. The summed E-state index contributed by atoms with van der Waals surface area (Å²) in [5.74, 6) is -1.97. The van der Waals surface area contributed by atoms with Gasteiger partial charge >= 0.3 is 11.9 Å². The second-order valence-electron chi connectivity index (χ2n) is 10.9. The smallest absolute Gasteiger partial charge is 0.303 e. The minimum absolute atomic E-state index is 0.0288. The van der Waals surface area contributed by atoms with E-state index in [1.165, 1.54) is 0 Å². The van der Waals surface area contributed by atoms with Crippen molar-refractivity contribution in [3.8, 4) is 0 Å². The fourth-order valence-electron chi connectivity index (χ4n) is 5.74. The molecule has 3 aromatic heterocycles. The van der Waals surface area contributed by atoms with Gasteiger partial charge in [-0.05, 0) is 80.5 Å². The van der Waals surface area contributed by atoms with E-state index in [2.05, 4.69) is 40.0 Å². The van der Waals surface area contributed by atoms with Crippen LogP contribution in [0.3, 0.4) is 0 Å². The van der Waals surface area contributed by atoms with Crippen molar-refractivity contribution in [2.45, 2.75) is 59.8 Å². The molecule has 0 saturated carbocycles. The summed E-state index contributed by atoms with van der Waals surface area (Å²) >= 11 is 0. The van der Waals surface area contributed by atoms with Crippen molar-refractivity contribution in [3.05, 3.63) is 103 Å². The Labute approximate surface area is 250 Å². The Kier molecular flexibility index (Phi) is 8.94. The first-order chi connectivity index (χ1) is 20.4. The number of carboxylic acid groups (broad SMARTS) is 2. The molecule has 1 amide bonds. The van der Waals surface area contributed by atoms with Gasteiger partial charge in [-0.25, -0.2) is 0 Å². The summed E-state index contributed by atoms with van der Waals surface area (Å²) in [7, 11) is 0. The van der Waals surface area contributed by atoms with Gasteiger partial charge in [-0.3, -0.25) is 14.4 Å². The van der Waals surface area contributed by atoms with Crippen LogP contribution in [-0.2, 0) is 33.6 Å². The van der Waals surface area contributed by atoms with E-state index in [4.69, 9.17) is 0 Å². The Morgan fingerprint density at radius 2 is 1.33 bits per heavy atom. The van der Waals surface area contributed by atoms with Gasteiger partial charge in [0.25, 0.3) is 5.91 Å². The van der Waals surface area contributed by atoms with E-state index in [1.807, 2.05) is 32.9 Å². The Bertz CT molecular complexity index is 1840. The lowest BCUT2D eigenvalue weighted by Crippen LogP contribution is -2.15. The minimum atomic E-state index is -0.901. The maximum absolute atomic E-state index is 12.3. The topological polar surface area (TPSA) is 151 Å². The lowest BCUT2D eigenvalue weighted by atomic mass is 9.98. The first-order valence-electron chi connectivity index (χ1n) is 14.1. The molecule has 0 fully saturated rings. The molecule has 9 heteroatoms. The summed E-state index contributed by atoms with van der Waals surface area (Å²) in [6.07, 6.45) is 8.22. The number of hydrogen-bond donors (Lipinski definition) is 6. The third-order valence-corrected chi connectivity index (χ3v) is 8.23. The zero-order valence-corrected chi connectivity index (χ0v) is 25.1.